The van der Waals surface area contributed by atoms with Gasteiger partial charge in [-0.3, -0.25) is 14.3 Å². The van der Waals surface area contributed by atoms with Crippen LogP contribution in [0.5, 0.6) is 0 Å². The van der Waals surface area contributed by atoms with Gasteiger partial charge < -0.3 is 10.2 Å². The van der Waals surface area contributed by atoms with Crippen LogP contribution in [0.1, 0.15) is 44.1 Å². The molecule has 0 radical (unpaired) electrons. The van der Waals surface area contributed by atoms with Crippen LogP contribution in [0.4, 0.5) is 10.1 Å². The van der Waals surface area contributed by atoms with Gasteiger partial charge in [0.15, 0.2) is 5.69 Å². The van der Waals surface area contributed by atoms with Crippen LogP contribution in [0.2, 0.25) is 0 Å². The molecule has 6 nitrogen and oxygen atoms in total. The number of fused-ring (bicyclic) bond motifs is 1. The average Bonchev–Trinajstić information content (AvgIpc) is 3.07. The molecule has 1 aliphatic rings. The molecule has 154 valence electrons. The van der Waals surface area contributed by atoms with E-state index in [2.05, 4.69) is 16.5 Å². The first-order valence-corrected chi connectivity index (χ1v) is 9.91. The molecule has 0 spiro atoms. The Kier molecular flexibility index (Phi) is 5.35. The smallest absolute Gasteiger partial charge is 0.276 e. The molecule has 1 aliphatic heterocycles. The highest BCUT2D eigenvalue weighted by molar-refractivity contribution is 6.05. The number of anilines is 1. The van der Waals surface area contributed by atoms with Gasteiger partial charge in [-0.15, -0.1) is 0 Å². The monoisotopic (exact) mass is 406 g/mol. The van der Waals surface area contributed by atoms with E-state index in [0.717, 1.165) is 17.5 Å². The maximum atomic E-state index is 13.3. The molecule has 1 N–H and O–H groups in total. The highest BCUT2D eigenvalue weighted by Gasteiger charge is 2.26. The summed E-state index contributed by atoms with van der Waals surface area (Å²) in [5.41, 5.74) is 3.91. The van der Waals surface area contributed by atoms with Crippen LogP contribution in [-0.2, 0) is 13.1 Å². The van der Waals surface area contributed by atoms with Crippen molar-refractivity contribution < 1.29 is 14.0 Å². The molecular formula is C23H23FN4O2. The number of halogens is 1. The van der Waals surface area contributed by atoms with E-state index in [-0.39, 0.29) is 17.4 Å². The number of carbonyl (C=O) groups excluding carboxylic acids is 2. The second-order valence-corrected chi connectivity index (χ2v) is 7.62. The molecule has 0 fully saturated rings. The minimum atomic E-state index is -0.427. The summed E-state index contributed by atoms with van der Waals surface area (Å²) in [5, 5.41) is 7.09. The Morgan fingerprint density at radius 3 is 2.73 bits per heavy atom. The summed E-state index contributed by atoms with van der Waals surface area (Å²) in [6.45, 7) is 5.45. The maximum absolute atomic E-state index is 13.3. The number of amides is 2. The van der Waals surface area contributed by atoms with Crippen molar-refractivity contribution in [3.8, 4) is 0 Å². The van der Waals surface area contributed by atoms with Gasteiger partial charge in [0.25, 0.3) is 11.8 Å². The highest BCUT2D eigenvalue weighted by atomic mass is 19.1. The van der Waals surface area contributed by atoms with Crippen molar-refractivity contribution in [3.05, 3.63) is 82.4 Å². The van der Waals surface area contributed by atoms with Crippen molar-refractivity contribution in [1.29, 1.82) is 0 Å². The molecule has 4 rings (SSSR count). The quantitative estimate of drug-likeness (QED) is 0.714. The molecular weight excluding hydrogens is 383 g/mol. The Morgan fingerprint density at radius 1 is 1.13 bits per heavy atom. The molecule has 0 saturated heterocycles. The average molecular weight is 406 g/mol. The summed E-state index contributed by atoms with van der Waals surface area (Å²) in [5.74, 6) is -0.930. The normalized spacial score (nSPS) is 13.7. The number of hydrogen-bond acceptors (Lipinski definition) is 3. The fraction of sp³-hybridized carbons (Fsp3) is 0.261. The number of carbonyl (C=O) groups is 2. The summed E-state index contributed by atoms with van der Waals surface area (Å²) >= 11 is 0. The first-order chi connectivity index (χ1) is 14.4. The van der Waals surface area contributed by atoms with Crippen LogP contribution < -0.4 is 5.32 Å². The van der Waals surface area contributed by atoms with Gasteiger partial charge in [0, 0.05) is 31.4 Å². The van der Waals surface area contributed by atoms with E-state index in [1.165, 1.54) is 24.3 Å². The predicted molar refractivity (Wildman–Crippen MR) is 112 cm³/mol. The predicted octanol–water partition coefficient (Wildman–Crippen LogP) is 3.94. The second kappa shape index (κ2) is 8.10. The number of rotatable bonds is 4. The van der Waals surface area contributed by atoms with Crippen molar-refractivity contribution in [2.24, 2.45) is 0 Å². The van der Waals surface area contributed by atoms with E-state index in [1.54, 1.807) is 16.5 Å². The van der Waals surface area contributed by atoms with Crippen LogP contribution in [0.25, 0.3) is 0 Å². The molecule has 0 saturated carbocycles. The van der Waals surface area contributed by atoms with Crippen LogP contribution in [0.15, 0.2) is 48.5 Å². The summed E-state index contributed by atoms with van der Waals surface area (Å²) in [7, 11) is 0. The number of benzene rings is 2. The third-order valence-corrected chi connectivity index (χ3v) is 5.21. The molecule has 2 aromatic carbocycles. The fourth-order valence-electron chi connectivity index (χ4n) is 3.68. The standard InChI is InChI=1S/C23H23FN4O2/c1-15-5-3-6-17(11-15)14-27-9-4-10-28-21(23(27)30)13-20(26-28)22(29)25-19-8-7-18(24)12-16(19)2/h3,5-8,11-13H,4,9-10,14H2,1-2H3,(H,25,29). The third kappa shape index (κ3) is 4.10. The minimum Gasteiger partial charge on any atom is -0.333 e. The second-order valence-electron chi connectivity index (χ2n) is 7.62. The summed E-state index contributed by atoms with van der Waals surface area (Å²) in [6.07, 6.45) is 0.754. The molecule has 7 heteroatoms. The van der Waals surface area contributed by atoms with Gasteiger partial charge in [0.05, 0.1) is 0 Å². The lowest BCUT2D eigenvalue weighted by molar-refractivity contribution is 0.0745. The first kappa shape index (κ1) is 19.8. The number of nitrogens with zero attached hydrogens (tertiary/aromatic N) is 3. The summed E-state index contributed by atoms with van der Waals surface area (Å²) in [6, 6.07) is 13.8. The number of nitrogens with one attached hydrogen (secondary N) is 1. The molecule has 0 bridgehead atoms. The van der Waals surface area contributed by atoms with Crippen LogP contribution in [-0.4, -0.2) is 33.0 Å². The zero-order valence-electron chi connectivity index (χ0n) is 17.0. The molecule has 1 aromatic heterocycles. The van der Waals surface area contributed by atoms with Crippen molar-refractivity contribution in [1.82, 2.24) is 14.7 Å². The first-order valence-electron chi connectivity index (χ1n) is 9.91. The Hall–Kier alpha value is -3.48. The van der Waals surface area contributed by atoms with Crippen LogP contribution in [0.3, 0.4) is 0 Å². The van der Waals surface area contributed by atoms with E-state index in [1.807, 2.05) is 25.1 Å². The zero-order chi connectivity index (χ0) is 21.3. The Morgan fingerprint density at radius 2 is 1.97 bits per heavy atom. The summed E-state index contributed by atoms with van der Waals surface area (Å²) < 4.78 is 14.9. The Labute approximate surface area is 174 Å². The number of hydrogen-bond donors (Lipinski definition) is 1. The Balaban J connectivity index is 1.54. The van der Waals surface area contributed by atoms with Gasteiger partial charge in [-0.2, -0.15) is 5.10 Å². The highest BCUT2D eigenvalue weighted by Crippen LogP contribution is 2.20. The lowest BCUT2D eigenvalue weighted by Gasteiger charge is -2.20. The molecule has 0 unspecified atom stereocenters. The van der Waals surface area contributed by atoms with Gasteiger partial charge in [-0.25, -0.2) is 4.39 Å². The van der Waals surface area contributed by atoms with Gasteiger partial charge in [0.2, 0.25) is 0 Å². The van der Waals surface area contributed by atoms with Crippen molar-refractivity contribution >= 4 is 17.5 Å². The molecule has 2 amide bonds. The lowest BCUT2D eigenvalue weighted by Crippen LogP contribution is -2.30. The summed E-state index contributed by atoms with van der Waals surface area (Å²) in [4.78, 5) is 27.6. The van der Waals surface area contributed by atoms with Gasteiger partial charge in [-0.05, 0) is 49.6 Å². The topological polar surface area (TPSA) is 67.2 Å². The maximum Gasteiger partial charge on any atom is 0.276 e. The van der Waals surface area contributed by atoms with E-state index >= 15 is 0 Å². The minimum absolute atomic E-state index is 0.140. The molecule has 2 heterocycles. The molecule has 3 aromatic rings. The van der Waals surface area contributed by atoms with Gasteiger partial charge in [0.1, 0.15) is 11.5 Å². The van der Waals surface area contributed by atoms with Crippen molar-refractivity contribution in [2.45, 2.75) is 33.4 Å². The van der Waals surface area contributed by atoms with E-state index < -0.39 is 5.91 Å². The van der Waals surface area contributed by atoms with Crippen molar-refractivity contribution in [2.75, 3.05) is 11.9 Å². The van der Waals surface area contributed by atoms with Crippen LogP contribution >= 0.6 is 0 Å². The largest absolute Gasteiger partial charge is 0.333 e. The van der Waals surface area contributed by atoms with E-state index in [4.69, 9.17) is 0 Å². The van der Waals surface area contributed by atoms with E-state index in [9.17, 15) is 14.0 Å². The number of aryl methyl sites for hydroxylation is 3. The SMILES string of the molecule is Cc1cccc(CN2CCCn3nc(C(=O)Nc4ccc(F)cc4C)cc3C2=O)c1. The molecule has 30 heavy (non-hydrogen) atoms. The van der Waals surface area contributed by atoms with Crippen LogP contribution in [0, 0.1) is 19.7 Å². The van der Waals surface area contributed by atoms with Gasteiger partial charge >= 0.3 is 0 Å². The molecule has 0 atom stereocenters. The lowest BCUT2D eigenvalue weighted by atomic mass is 10.1. The van der Waals surface area contributed by atoms with Crippen molar-refractivity contribution in [3.63, 3.8) is 0 Å². The fourth-order valence-corrected chi connectivity index (χ4v) is 3.68. The van der Waals surface area contributed by atoms with Gasteiger partial charge in [-0.1, -0.05) is 29.8 Å². The van der Waals surface area contributed by atoms with E-state index in [0.29, 0.717) is 36.6 Å². The zero-order valence-corrected chi connectivity index (χ0v) is 17.0. The molecule has 0 aliphatic carbocycles. The number of aromatic nitrogens is 2. The third-order valence-electron chi connectivity index (χ3n) is 5.21. The Bertz CT molecular complexity index is 1120.